The summed E-state index contributed by atoms with van der Waals surface area (Å²) in [5, 5.41) is 0. The van der Waals surface area contributed by atoms with Crippen molar-refractivity contribution in [2.45, 2.75) is 37.7 Å². The van der Waals surface area contributed by atoms with Crippen LogP contribution in [0.3, 0.4) is 0 Å². The van der Waals surface area contributed by atoms with Crippen molar-refractivity contribution >= 4 is 10.0 Å². The van der Waals surface area contributed by atoms with Crippen LogP contribution in [0.1, 0.15) is 24.0 Å². The predicted octanol–water partition coefficient (Wildman–Crippen LogP) is 3.42. The molecule has 156 valence electrons. The molecule has 1 saturated carbocycles. The number of methoxy groups -OCH3 is 2. The largest absolute Gasteiger partial charge is 0.481 e. The molecule has 1 unspecified atom stereocenters. The number of hydrogen-bond donors (Lipinski definition) is 0. The molecular weight excluding hydrogens is 388 g/mol. The van der Waals surface area contributed by atoms with Gasteiger partial charge in [0.25, 0.3) is 0 Å². The standard InChI is InChI=1S/C22H28N2O4S/c1-14-10-20(15(2)9-19(14)16-7-8-21(27-3)23-11-16)29(25,26)24-12-17-5-6-18(13-24)22(17)28-4/h7-11,17-18,22H,5-6,12-13H2,1-4H3/t17-,18+,22?. The second kappa shape index (κ2) is 7.70. The van der Waals surface area contributed by atoms with Crippen LogP contribution in [0.5, 0.6) is 5.88 Å². The molecule has 2 aromatic rings. The summed E-state index contributed by atoms with van der Waals surface area (Å²) in [6.45, 7) is 4.89. The highest BCUT2D eigenvalue weighted by Crippen LogP contribution is 2.41. The fourth-order valence-corrected chi connectivity index (χ4v) is 6.73. The first-order valence-electron chi connectivity index (χ1n) is 9.99. The molecular formula is C22H28N2O4S. The molecule has 0 spiro atoms. The van der Waals surface area contributed by atoms with Gasteiger partial charge in [0.05, 0.1) is 18.1 Å². The van der Waals surface area contributed by atoms with E-state index in [4.69, 9.17) is 9.47 Å². The monoisotopic (exact) mass is 416 g/mol. The number of hydrogen-bond acceptors (Lipinski definition) is 5. The first kappa shape index (κ1) is 20.3. The SMILES string of the molecule is COc1ccc(-c2cc(C)c(S(=O)(=O)N3C[C@H]4CC[C@@H](C3)C4OC)cc2C)cn1. The zero-order chi connectivity index (χ0) is 20.8. The van der Waals surface area contributed by atoms with Crippen LogP contribution in [-0.2, 0) is 14.8 Å². The van der Waals surface area contributed by atoms with Crippen molar-refractivity contribution in [3.05, 3.63) is 41.6 Å². The Morgan fingerprint density at radius 1 is 1.03 bits per heavy atom. The zero-order valence-electron chi connectivity index (χ0n) is 17.4. The molecule has 2 aliphatic rings. The second-order valence-corrected chi connectivity index (χ2v) is 10.0. The maximum atomic E-state index is 13.5. The van der Waals surface area contributed by atoms with E-state index in [1.807, 2.05) is 32.0 Å². The van der Waals surface area contributed by atoms with E-state index in [0.29, 0.717) is 35.7 Å². The van der Waals surface area contributed by atoms with Crippen LogP contribution in [0.2, 0.25) is 0 Å². The number of rotatable bonds is 5. The van der Waals surface area contributed by atoms with Crippen LogP contribution in [-0.4, -0.2) is 51.1 Å². The third-order valence-corrected chi connectivity index (χ3v) is 8.36. The first-order chi connectivity index (χ1) is 13.8. The van der Waals surface area contributed by atoms with E-state index >= 15 is 0 Å². The smallest absolute Gasteiger partial charge is 0.243 e. The van der Waals surface area contributed by atoms with Crippen molar-refractivity contribution in [1.82, 2.24) is 9.29 Å². The quantitative estimate of drug-likeness (QED) is 0.747. The summed E-state index contributed by atoms with van der Waals surface area (Å²) < 4.78 is 39.3. The minimum atomic E-state index is -3.54. The summed E-state index contributed by atoms with van der Waals surface area (Å²) in [6.07, 6.45) is 4.02. The van der Waals surface area contributed by atoms with Gasteiger partial charge >= 0.3 is 0 Å². The summed E-state index contributed by atoms with van der Waals surface area (Å²) in [6, 6.07) is 7.50. The number of benzene rings is 1. The Morgan fingerprint density at radius 2 is 1.72 bits per heavy atom. The van der Waals surface area contributed by atoms with Crippen LogP contribution in [0, 0.1) is 25.7 Å². The lowest BCUT2D eigenvalue weighted by Crippen LogP contribution is -2.48. The summed E-state index contributed by atoms with van der Waals surface area (Å²) in [7, 11) is -0.222. The Hall–Kier alpha value is -1.96. The van der Waals surface area contributed by atoms with Crippen LogP contribution >= 0.6 is 0 Å². The number of sulfonamides is 1. The first-order valence-corrected chi connectivity index (χ1v) is 11.4. The van der Waals surface area contributed by atoms with Gasteiger partial charge in [0.15, 0.2) is 0 Å². The Bertz CT molecular complexity index is 990. The van der Waals surface area contributed by atoms with Crippen LogP contribution in [0.15, 0.2) is 35.4 Å². The van der Waals surface area contributed by atoms with E-state index in [0.717, 1.165) is 35.1 Å². The fraction of sp³-hybridized carbons (Fsp3) is 0.500. The Kier molecular flexibility index (Phi) is 5.40. The lowest BCUT2D eigenvalue weighted by atomic mass is 9.97. The van der Waals surface area contributed by atoms with Crippen LogP contribution < -0.4 is 4.74 Å². The van der Waals surface area contributed by atoms with E-state index in [1.165, 1.54) is 0 Å². The molecule has 1 saturated heterocycles. The summed E-state index contributed by atoms with van der Waals surface area (Å²) in [5.74, 6) is 1.13. The molecule has 4 rings (SSSR count). The number of pyridine rings is 1. The van der Waals surface area contributed by atoms with Crippen molar-refractivity contribution < 1.29 is 17.9 Å². The zero-order valence-corrected chi connectivity index (χ0v) is 18.2. The lowest BCUT2D eigenvalue weighted by Gasteiger charge is -2.36. The second-order valence-electron chi connectivity index (χ2n) is 8.14. The van der Waals surface area contributed by atoms with Crippen LogP contribution in [0.25, 0.3) is 11.1 Å². The molecule has 2 heterocycles. The Morgan fingerprint density at radius 3 is 2.28 bits per heavy atom. The molecule has 0 N–H and O–H groups in total. The van der Waals surface area contributed by atoms with E-state index in [2.05, 4.69) is 4.98 Å². The van der Waals surface area contributed by atoms with Gasteiger partial charge in [-0.05, 0) is 73.4 Å². The Balaban J connectivity index is 1.65. The molecule has 2 bridgehead atoms. The molecule has 1 aliphatic carbocycles. The highest BCUT2D eigenvalue weighted by Gasteiger charge is 2.45. The maximum absolute atomic E-state index is 13.5. The molecule has 0 amide bonds. The summed E-state index contributed by atoms with van der Waals surface area (Å²) in [4.78, 5) is 4.67. The molecule has 7 heteroatoms. The normalized spacial score (nSPS) is 24.6. The number of aromatic nitrogens is 1. The molecule has 2 fully saturated rings. The van der Waals surface area contributed by atoms with Crippen molar-refractivity contribution in [3.8, 4) is 17.0 Å². The van der Waals surface area contributed by atoms with Crippen molar-refractivity contribution in [2.24, 2.45) is 11.8 Å². The van der Waals surface area contributed by atoms with Gasteiger partial charge in [-0.1, -0.05) is 0 Å². The molecule has 3 atom stereocenters. The highest BCUT2D eigenvalue weighted by molar-refractivity contribution is 7.89. The molecule has 6 nitrogen and oxygen atoms in total. The van der Waals surface area contributed by atoms with Crippen LogP contribution in [0.4, 0.5) is 0 Å². The van der Waals surface area contributed by atoms with Gasteiger partial charge in [-0.15, -0.1) is 0 Å². The number of nitrogens with zero attached hydrogens (tertiary/aromatic N) is 2. The van der Waals surface area contributed by atoms with Gasteiger partial charge in [0.2, 0.25) is 15.9 Å². The molecule has 1 aliphatic heterocycles. The average molecular weight is 417 g/mol. The number of piperidine rings is 1. The number of fused-ring (bicyclic) bond motifs is 2. The molecule has 0 radical (unpaired) electrons. The highest BCUT2D eigenvalue weighted by atomic mass is 32.2. The lowest BCUT2D eigenvalue weighted by molar-refractivity contribution is 0.00394. The van der Waals surface area contributed by atoms with Crippen molar-refractivity contribution in [1.29, 1.82) is 0 Å². The molecule has 1 aromatic carbocycles. The average Bonchev–Trinajstić information content (AvgIpc) is 2.96. The van der Waals surface area contributed by atoms with Gasteiger partial charge in [-0.2, -0.15) is 4.31 Å². The van der Waals surface area contributed by atoms with Gasteiger partial charge in [0, 0.05) is 38.0 Å². The fourth-order valence-electron chi connectivity index (χ4n) is 4.89. The van der Waals surface area contributed by atoms with Gasteiger partial charge < -0.3 is 9.47 Å². The summed E-state index contributed by atoms with van der Waals surface area (Å²) in [5.41, 5.74) is 3.59. The molecule has 1 aromatic heterocycles. The Labute approximate surface area is 172 Å². The third-order valence-electron chi connectivity index (χ3n) is 6.38. The van der Waals surface area contributed by atoms with E-state index in [-0.39, 0.29) is 6.10 Å². The van der Waals surface area contributed by atoms with Gasteiger partial charge in [0.1, 0.15) is 0 Å². The van der Waals surface area contributed by atoms with E-state index < -0.39 is 10.0 Å². The van der Waals surface area contributed by atoms with Crippen molar-refractivity contribution in [3.63, 3.8) is 0 Å². The van der Waals surface area contributed by atoms with Crippen molar-refractivity contribution in [2.75, 3.05) is 27.3 Å². The minimum Gasteiger partial charge on any atom is -0.481 e. The summed E-state index contributed by atoms with van der Waals surface area (Å²) >= 11 is 0. The van der Waals surface area contributed by atoms with E-state index in [1.54, 1.807) is 30.8 Å². The predicted molar refractivity (Wildman–Crippen MR) is 111 cm³/mol. The number of ether oxygens (including phenoxy) is 2. The topological polar surface area (TPSA) is 68.7 Å². The number of aryl methyl sites for hydroxylation is 2. The third kappa shape index (κ3) is 3.56. The molecule has 29 heavy (non-hydrogen) atoms. The van der Waals surface area contributed by atoms with Gasteiger partial charge in [-0.3, -0.25) is 0 Å². The minimum absolute atomic E-state index is 0.189. The maximum Gasteiger partial charge on any atom is 0.243 e. The van der Waals surface area contributed by atoms with Gasteiger partial charge in [-0.25, -0.2) is 13.4 Å². The van der Waals surface area contributed by atoms with E-state index in [9.17, 15) is 8.42 Å².